The van der Waals surface area contributed by atoms with Crippen LogP contribution in [0.15, 0.2) is 39.9 Å². The molecule has 100 valence electrons. The first-order valence-electron chi connectivity index (χ1n) is 5.78. The number of methoxy groups -OCH3 is 1. The highest BCUT2D eigenvalue weighted by molar-refractivity contribution is 5.33. The molecule has 1 aromatic heterocycles. The van der Waals surface area contributed by atoms with Crippen LogP contribution in [0.25, 0.3) is 0 Å². The van der Waals surface area contributed by atoms with Crippen LogP contribution in [0.1, 0.15) is 18.5 Å². The number of nitrogens with zero attached hydrogens (tertiary/aromatic N) is 1. The van der Waals surface area contributed by atoms with E-state index in [0.717, 1.165) is 11.3 Å². The second-order valence-electron chi connectivity index (χ2n) is 4.18. The lowest BCUT2D eigenvalue weighted by atomic mass is 10.1. The molecule has 19 heavy (non-hydrogen) atoms. The van der Waals surface area contributed by atoms with Crippen LogP contribution in [0.2, 0.25) is 0 Å². The van der Waals surface area contributed by atoms with E-state index < -0.39 is 11.2 Å². The highest BCUT2D eigenvalue weighted by Gasteiger charge is 2.13. The molecule has 1 atom stereocenters. The zero-order valence-corrected chi connectivity index (χ0v) is 10.7. The van der Waals surface area contributed by atoms with Gasteiger partial charge in [0, 0.05) is 6.07 Å². The lowest BCUT2D eigenvalue weighted by molar-refractivity contribution is 0.414. The first kappa shape index (κ1) is 12.9. The Kier molecular flexibility index (Phi) is 3.41. The molecule has 1 unspecified atom stereocenters. The van der Waals surface area contributed by atoms with Gasteiger partial charge in [-0.15, -0.1) is 0 Å². The van der Waals surface area contributed by atoms with Crippen molar-refractivity contribution in [2.75, 3.05) is 12.8 Å². The van der Waals surface area contributed by atoms with E-state index in [1.54, 1.807) is 19.2 Å². The number of hydrogen-bond acceptors (Lipinski definition) is 4. The average Bonchev–Trinajstić information content (AvgIpc) is 2.37. The number of rotatable bonds is 3. The van der Waals surface area contributed by atoms with Gasteiger partial charge in [0.2, 0.25) is 0 Å². The van der Waals surface area contributed by atoms with E-state index in [2.05, 4.69) is 4.98 Å². The first-order chi connectivity index (χ1) is 9.02. The molecule has 0 radical (unpaired) electrons. The molecule has 0 aliphatic rings. The summed E-state index contributed by atoms with van der Waals surface area (Å²) in [5.74, 6) is 0.870. The highest BCUT2D eigenvalue weighted by Crippen LogP contribution is 2.20. The lowest BCUT2D eigenvalue weighted by Crippen LogP contribution is -2.33. The van der Waals surface area contributed by atoms with Gasteiger partial charge in [0.15, 0.2) is 0 Å². The molecule has 0 amide bonds. The summed E-state index contributed by atoms with van der Waals surface area (Å²) in [5.41, 5.74) is 5.61. The van der Waals surface area contributed by atoms with Gasteiger partial charge in [-0.25, -0.2) is 4.79 Å². The fourth-order valence-electron chi connectivity index (χ4n) is 1.95. The fraction of sp³-hybridized carbons (Fsp3) is 0.231. The summed E-state index contributed by atoms with van der Waals surface area (Å²) in [5, 5.41) is 0. The molecule has 0 aliphatic carbocycles. The molecule has 0 fully saturated rings. The molecule has 1 heterocycles. The van der Waals surface area contributed by atoms with Crippen LogP contribution in [-0.2, 0) is 0 Å². The number of ether oxygens (including phenoxy) is 1. The Balaban J connectivity index is 2.46. The Morgan fingerprint density at radius 3 is 2.42 bits per heavy atom. The van der Waals surface area contributed by atoms with Gasteiger partial charge in [0.05, 0.1) is 13.2 Å². The van der Waals surface area contributed by atoms with Gasteiger partial charge < -0.3 is 10.5 Å². The van der Waals surface area contributed by atoms with Crippen molar-refractivity contribution in [3.63, 3.8) is 0 Å². The Morgan fingerprint density at radius 2 is 1.89 bits per heavy atom. The van der Waals surface area contributed by atoms with Crippen LogP contribution >= 0.6 is 0 Å². The van der Waals surface area contributed by atoms with E-state index in [4.69, 9.17) is 10.5 Å². The van der Waals surface area contributed by atoms with Gasteiger partial charge in [-0.2, -0.15) is 0 Å². The number of benzene rings is 1. The molecular formula is C13H15N3O3. The molecular weight excluding hydrogens is 246 g/mol. The van der Waals surface area contributed by atoms with Crippen molar-refractivity contribution >= 4 is 5.82 Å². The largest absolute Gasteiger partial charge is 0.497 e. The van der Waals surface area contributed by atoms with Crippen molar-refractivity contribution in [3.8, 4) is 5.75 Å². The standard InChI is InChI=1S/C13H15N3O3/c1-8(9-3-5-10(19-2)6-4-9)16-11(14)7-12(17)15-13(16)18/h3-8H,14H2,1-2H3,(H,15,17,18). The van der Waals surface area contributed by atoms with Gasteiger partial charge in [-0.1, -0.05) is 12.1 Å². The topological polar surface area (TPSA) is 90.1 Å². The van der Waals surface area contributed by atoms with Crippen LogP contribution in [-0.4, -0.2) is 16.7 Å². The molecule has 0 spiro atoms. The van der Waals surface area contributed by atoms with Crippen LogP contribution in [0, 0.1) is 0 Å². The van der Waals surface area contributed by atoms with E-state index in [-0.39, 0.29) is 11.9 Å². The highest BCUT2D eigenvalue weighted by atomic mass is 16.5. The number of aromatic nitrogens is 2. The predicted molar refractivity (Wildman–Crippen MR) is 72.5 cm³/mol. The summed E-state index contributed by atoms with van der Waals surface area (Å²) in [6.45, 7) is 1.83. The third-order valence-corrected chi connectivity index (χ3v) is 2.99. The van der Waals surface area contributed by atoms with Crippen molar-refractivity contribution in [1.82, 2.24) is 9.55 Å². The minimum absolute atomic E-state index is 0.136. The van der Waals surface area contributed by atoms with Crippen molar-refractivity contribution in [1.29, 1.82) is 0 Å². The average molecular weight is 261 g/mol. The lowest BCUT2D eigenvalue weighted by Gasteiger charge is -2.17. The van der Waals surface area contributed by atoms with E-state index >= 15 is 0 Å². The summed E-state index contributed by atoms with van der Waals surface area (Å²) in [7, 11) is 1.59. The minimum atomic E-state index is -0.520. The van der Waals surface area contributed by atoms with Gasteiger partial charge in [0.1, 0.15) is 11.6 Å². The van der Waals surface area contributed by atoms with Gasteiger partial charge in [0.25, 0.3) is 5.56 Å². The molecule has 3 N–H and O–H groups in total. The van der Waals surface area contributed by atoms with Crippen molar-refractivity contribution in [3.05, 3.63) is 56.7 Å². The Bertz CT molecular complexity index is 686. The van der Waals surface area contributed by atoms with Crippen LogP contribution in [0.5, 0.6) is 5.75 Å². The third-order valence-electron chi connectivity index (χ3n) is 2.99. The molecule has 0 bridgehead atoms. The second kappa shape index (κ2) is 5.01. The van der Waals surface area contributed by atoms with E-state index in [9.17, 15) is 9.59 Å². The number of anilines is 1. The summed E-state index contributed by atoms with van der Waals surface area (Å²) < 4.78 is 6.41. The Hall–Kier alpha value is -2.50. The maximum absolute atomic E-state index is 11.8. The number of nitrogens with one attached hydrogen (secondary N) is 1. The SMILES string of the molecule is COc1ccc(C(C)n2c(N)cc(=O)[nH]c2=O)cc1. The van der Waals surface area contributed by atoms with E-state index in [0.29, 0.717) is 0 Å². The van der Waals surface area contributed by atoms with Gasteiger partial charge in [-0.05, 0) is 24.6 Å². The number of aromatic amines is 1. The number of nitrogen functional groups attached to an aromatic ring is 1. The predicted octanol–water partition coefficient (Wildman–Crippen LogP) is 0.737. The van der Waals surface area contributed by atoms with Crippen molar-refractivity contribution in [2.24, 2.45) is 0 Å². The molecule has 0 saturated heterocycles. The Labute approximate surface area is 109 Å². The molecule has 2 rings (SSSR count). The molecule has 2 aromatic rings. The molecule has 0 aliphatic heterocycles. The minimum Gasteiger partial charge on any atom is -0.497 e. The normalized spacial score (nSPS) is 12.1. The van der Waals surface area contributed by atoms with Crippen LogP contribution in [0.3, 0.4) is 0 Å². The molecule has 6 heteroatoms. The first-order valence-corrected chi connectivity index (χ1v) is 5.78. The maximum Gasteiger partial charge on any atom is 0.330 e. The quantitative estimate of drug-likeness (QED) is 0.852. The number of nitrogens with two attached hydrogens (primary N) is 1. The van der Waals surface area contributed by atoms with E-state index in [1.165, 1.54) is 10.6 Å². The summed E-state index contributed by atoms with van der Waals surface area (Å²) in [6.07, 6.45) is 0. The van der Waals surface area contributed by atoms with Crippen molar-refractivity contribution in [2.45, 2.75) is 13.0 Å². The molecule has 6 nitrogen and oxygen atoms in total. The monoisotopic (exact) mass is 261 g/mol. The maximum atomic E-state index is 11.8. The van der Waals surface area contributed by atoms with Crippen LogP contribution in [0.4, 0.5) is 5.82 Å². The zero-order valence-electron chi connectivity index (χ0n) is 10.7. The second-order valence-corrected chi connectivity index (χ2v) is 4.18. The Morgan fingerprint density at radius 1 is 1.26 bits per heavy atom. The number of hydrogen-bond donors (Lipinski definition) is 2. The number of H-pyrrole nitrogens is 1. The third kappa shape index (κ3) is 2.52. The smallest absolute Gasteiger partial charge is 0.330 e. The van der Waals surface area contributed by atoms with Gasteiger partial charge in [-0.3, -0.25) is 14.3 Å². The summed E-state index contributed by atoms with van der Waals surface area (Å²) >= 11 is 0. The molecule has 0 saturated carbocycles. The summed E-state index contributed by atoms with van der Waals surface area (Å²) in [4.78, 5) is 25.1. The molecule has 1 aromatic carbocycles. The zero-order chi connectivity index (χ0) is 14.0. The summed E-state index contributed by atoms with van der Waals surface area (Å²) in [6, 6.07) is 8.22. The fourth-order valence-corrected chi connectivity index (χ4v) is 1.95. The van der Waals surface area contributed by atoms with Crippen LogP contribution < -0.4 is 21.7 Å². The van der Waals surface area contributed by atoms with Gasteiger partial charge >= 0.3 is 5.69 Å². The van der Waals surface area contributed by atoms with Crippen molar-refractivity contribution < 1.29 is 4.74 Å². The van der Waals surface area contributed by atoms with E-state index in [1.807, 2.05) is 19.1 Å².